The summed E-state index contributed by atoms with van der Waals surface area (Å²) in [5.41, 5.74) is 1.53. The number of nitrogens with one attached hydrogen (secondary N) is 1. The van der Waals surface area contributed by atoms with Gasteiger partial charge in [0.05, 0.1) is 24.3 Å². The maximum atomic E-state index is 12.6. The predicted octanol–water partition coefficient (Wildman–Crippen LogP) is 3.74. The van der Waals surface area contributed by atoms with E-state index in [2.05, 4.69) is 10.5 Å². The second kappa shape index (κ2) is 8.10. The lowest BCUT2D eigenvalue weighted by atomic mass is 9.92. The van der Waals surface area contributed by atoms with Crippen LogP contribution >= 0.6 is 11.6 Å². The third kappa shape index (κ3) is 3.86. The molecule has 2 N–H and O–H groups in total. The van der Waals surface area contributed by atoms with Crippen molar-refractivity contribution in [1.82, 2.24) is 10.5 Å². The fourth-order valence-electron chi connectivity index (χ4n) is 3.27. The number of amides is 1. The smallest absolute Gasteiger partial charge is 0.274 e. The fourth-order valence-corrected chi connectivity index (χ4v) is 3.44. The van der Waals surface area contributed by atoms with Gasteiger partial charge in [-0.05, 0) is 44.9 Å². The van der Waals surface area contributed by atoms with Crippen molar-refractivity contribution in [3.8, 4) is 17.1 Å². The average molecular weight is 379 g/mol. The molecule has 0 spiro atoms. The van der Waals surface area contributed by atoms with Gasteiger partial charge >= 0.3 is 0 Å². The molecule has 0 unspecified atom stereocenters. The Kier molecular flexibility index (Phi) is 5.84. The summed E-state index contributed by atoms with van der Waals surface area (Å²) in [5.74, 6) is 0.712. The van der Waals surface area contributed by atoms with E-state index in [4.69, 9.17) is 20.9 Å². The number of halogens is 1. The molecule has 2 atom stereocenters. The van der Waals surface area contributed by atoms with E-state index in [9.17, 15) is 9.90 Å². The molecule has 1 amide bonds. The van der Waals surface area contributed by atoms with E-state index in [0.717, 1.165) is 19.3 Å². The highest BCUT2D eigenvalue weighted by atomic mass is 35.5. The molecule has 1 saturated carbocycles. The van der Waals surface area contributed by atoms with Gasteiger partial charge in [-0.1, -0.05) is 29.6 Å². The van der Waals surface area contributed by atoms with Gasteiger partial charge in [-0.3, -0.25) is 4.79 Å². The van der Waals surface area contributed by atoms with Gasteiger partial charge in [0.1, 0.15) is 5.75 Å². The number of nitrogens with zero attached hydrogens (tertiary/aromatic N) is 1. The van der Waals surface area contributed by atoms with Gasteiger partial charge in [-0.25, -0.2) is 0 Å². The van der Waals surface area contributed by atoms with Gasteiger partial charge in [0.2, 0.25) is 0 Å². The number of aromatic nitrogens is 1. The minimum atomic E-state index is -0.514. The van der Waals surface area contributed by atoms with Gasteiger partial charge in [0.15, 0.2) is 11.5 Å². The third-order valence-electron chi connectivity index (χ3n) is 4.67. The summed E-state index contributed by atoms with van der Waals surface area (Å²) < 4.78 is 11.1. The summed E-state index contributed by atoms with van der Waals surface area (Å²) in [5, 5.41) is 17.4. The van der Waals surface area contributed by atoms with Crippen LogP contribution in [0.3, 0.4) is 0 Å². The summed E-state index contributed by atoms with van der Waals surface area (Å²) in [6.07, 6.45) is 2.93. The van der Waals surface area contributed by atoms with E-state index >= 15 is 0 Å². The van der Waals surface area contributed by atoms with Crippen LogP contribution in [0, 0.1) is 6.92 Å². The Morgan fingerprint density at radius 3 is 2.92 bits per heavy atom. The van der Waals surface area contributed by atoms with Gasteiger partial charge < -0.3 is 19.7 Å². The minimum absolute atomic E-state index is 0.218. The molecule has 26 heavy (non-hydrogen) atoms. The maximum absolute atomic E-state index is 12.6. The Morgan fingerprint density at radius 1 is 1.42 bits per heavy atom. The molecule has 7 heteroatoms. The Balaban J connectivity index is 1.85. The van der Waals surface area contributed by atoms with Crippen molar-refractivity contribution < 1.29 is 19.2 Å². The Hall–Kier alpha value is -2.05. The molecule has 3 rings (SSSR count). The Morgan fingerprint density at radius 2 is 2.19 bits per heavy atom. The van der Waals surface area contributed by atoms with Gasteiger partial charge in [-0.2, -0.15) is 0 Å². The molecule has 1 fully saturated rings. The zero-order valence-corrected chi connectivity index (χ0v) is 15.7. The number of benzene rings is 1. The second-order valence-corrected chi connectivity index (χ2v) is 6.93. The first-order valence-corrected chi connectivity index (χ1v) is 9.27. The molecule has 0 aliphatic heterocycles. The Bertz CT molecular complexity index is 790. The van der Waals surface area contributed by atoms with Crippen molar-refractivity contribution in [3.05, 3.63) is 34.5 Å². The summed E-state index contributed by atoms with van der Waals surface area (Å²) >= 11 is 6.04. The van der Waals surface area contributed by atoms with Crippen LogP contribution in [-0.2, 0) is 0 Å². The maximum Gasteiger partial charge on any atom is 0.274 e. The number of ether oxygens (including phenoxy) is 1. The standard InChI is InChI=1S/C19H23ClN2O4/c1-3-25-16-10-12(20)8-9-13(16)18-11(2)17(22-26-18)19(24)21-14-6-4-5-7-15(14)23/h8-10,14-15,23H,3-7H2,1-2H3,(H,21,24)/t14-,15+/m0/s1. The van der Waals surface area contributed by atoms with E-state index in [0.29, 0.717) is 40.7 Å². The molecular weight excluding hydrogens is 356 g/mol. The molecule has 6 nitrogen and oxygen atoms in total. The molecule has 1 aromatic heterocycles. The van der Waals surface area contributed by atoms with Gasteiger partial charge in [0.25, 0.3) is 5.91 Å². The Labute approximate surface area is 157 Å². The van der Waals surface area contributed by atoms with Crippen LogP contribution in [0.15, 0.2) is 22.7 Å². The lowest BCUT2D eigenvalue weighted by Crippen LogP contribution is -2.45. The van der Waals surface area contributed by atoms with Gasteiger partial charge in [0, 0.05) is 10.6 Å². The van der Waals surface area contributed by atoms with Gasteiger partial charge in [-0.15, -0.1) is 0 Å². The molecule has 2 aromatic rings. The fraction of sp³-hybridized carbons (Fsp3) is 0.474. The number of hydrogen-bond acceptors (Lipinski definition) is 5. The molecule has 0 bridgehead atoms. The number of aliphatic hydroxyl groups excluding tert-OH is 1. The first-order chi connectivity index (χ1) is 12.5. The monoisotopic (exact) mass is 378 g/mol. The number of rotatable bonds is 5. The molecule has 1 aliphatic rings. The summed E-state index contributed by atoms with van der Waals surface area (Å²) in [6, 6.07) is 4.98. The SMILES string of the molecule is CCOc1cc(Cl)ccc1-c1onc(C(=O)N[C@H]2CCCC[C@H]2O)c1C. The minimum Gasteiger partial charge on any atom is -0.493 e. The zero-order valence-electron chi connectivity index (χ0n) is 14.9. The van der Waals surface area contributed by atoms with E-state index in [1.165, 1.54) is 0 Å². The van der Waals surface area contributed by atoms with Crippen LogP contribution in [0.2, 0.25) is 5.02 Å². The zero-order chi connectivity index (χ0) is 18.7. The molecule has 140 valence electrons. The lowest BCUT2D eigenvalue weighted by molar-refractivity contribution is 0.0710. The van der Waals surface area contributed by atoms with Crippen LogP contribution in [0.25, 0.3) is 11.3 Å². The van der Waals surface area contributed by atoms with E-state index < -0.39 is 6.10 Å². The summed E-state index contributed by atoms with van der Waals surface area (Å²) in [6.45, 7) is 4.14. The molecule has 1 aromatic carbocycles. The molecular formula is C19H23ClN2O4. The quantitative estimate of drug-likeness (QED) is 0.827. The van der Waals surface area contributed by atoms with Crippen LogP contribution in [0.4, 0.5) is 0 Å². The molecule has 1 heterocycles. The number of hydrogen-bond donors (Lipinski definition) is 2. The van der Waals surface area contributed by atoms with Crippen molar-refractivity contribution in [2.45, 2.75) is 51.7 Å². The molecule has 0 saturated heterocycles. The first-order valence-electron chi connectivity index (χ1n) is 8.89. The van der Waals surface area contributed by atoms with E-state index in [1.54, 1.807) is 25.1 Å². The van der Waals surface area contributed by atoms with Crippen molar-refractivity contribution >= 4 is 17.5 Å². The molecule has 0 radical (unpaired) electrons. The highest BCUT2D eigenvalue weighted by Gasteiger charge is 2.28. The highest BCUT2D eigenvalue weighted by molar-refractivity contribution is 6.30. The van der Waals surface area contributed by atoms with E-state index in [-0.39, 0.29) is 17.6 Å². The number of aliphatic hydroxyl groups is 1. The van der Waals surface area contributed by atoms with Crippen molar-refractivity contribution in [3.63, 3.8) is 0 Å². The predicted molar refractivity (Wildman–Crippen MR) is 98.6 cm³/mol. The topological polar surface area (TPSA) is 84.6 Å². The second-order valence-electron chi connectivity index (χ2n) is 6.49. The third-order valence-corrected chi connectivity index (χ3v) is 4.91. The number of carbonyl (C=O) groups excluding carboxylic acids is 1. The van der Waals surface area contributed by atoms with Crippen LogP contribution in [0.1, 0.15) is 48.7 Å². The van der Waals surface area contributed by atoms with Crippen LogP contribution in [0.5, 0.6) is 5.75 Å². The lowest BCUT2D eigenvalue weighted by Gasteiger charge is -2.28. The van der Waals surface area contributed by atoms with E-state index in [1.807, 2.05) is 6.92 Å². The van der Waals surface area contributed by atoms with Crippen molar-refractivity contribution in [1.29, 1.82) is 0 Å². The van der Waals surface area contributed by atoms with Crippen LogP contribution in [-0.4, -0.2) is 34.9 Å². The van der Waals surface area contributed by atoms with Crippen molar-refractivity contribution in [2.75, 3.05) is 6.61 Å². The first kappa shape index (κ1) is 18.7. The normalized spacial score (nSPS) is 20.0. The van der Waals surface area contributed by atoms with Crippen molar-refractivity contribution in [2.24, 2.45) is 0 Å². The summed E-state index contributed by atoms with van der Waals surface area (Å²) in [4.78, 5) is 12.6. The number of carbonyl (C=O) groups is 1. The molecule has 1 aliphatic carbocycles. The summed E-state index contributed by atoms with van der Waals surface area (Å²) in [7, 11) is 0. The van der Waals surface area contributed by atoms with Crippen LogP contribution < -0.4 is 10.1 Å². The average Bonchev–Trinajstić information content (AvgIpc) is 2.99. The highest BCUT2D eigenvalue weighted by Crippen LogP contribution is 2.35. The largest absolute Gasteiger partial charge is 0.493 e.